The zero-order valence-corrected chi connectivity index (χ0v) is 19.3. The van der Waals surface area contributed by atoms with Gasteiger partial charge in [0.2, 0.25) is 0 Å². The summed E-state index contributed by atoms with van der Waals surface area (Å²) in [5.74, 6) is -3.33. The summed E-state index contributed by atoms with van der Waals surface area (Å²) >= 11 is 0. The zero-order valence-electron chi connectivity index (χ0n) is 18.5. The SMILES string of the molecule is O=S1(c2cc3c(cc2F)OC(c2ccc(F)cc2)(c2ccc(F)cc2)O3)(N2CCC(O)CC2)CO1. The molecule has 0 aliphatic carbocycles. The normalized spacial score (nSPS) is 23.4. The van der Waals surface area contributed by atoms with Gasteiger partial charge in [-0.2, -0.15) is 4.21 Å². The third-order valence-corrected chi connectivity index (χ3v) is 10.2. The van der Waals surface area contributed by atoms with Gasteiger partial charge in [-0.15, -0.1) is 0 Å². The number of halogens is 3. The molecule has 0 atom stereocenters. The highest BCUT2D eigenvalue weighted by Gasteiger charge is 2.57. The van der Waals surface area contributed by atoms with Crippen LogP contribution in [-0.4, -0.2) is 38.8 Å². The lowest BCUT2D eigenvalue weighted by molar-refractivity contribution is -0.0460. The molecule has 1 N–H and O–H groups in total. The van der Waals surface area contributed by atoms with E-state index in [1.165, 1.54) is 54.6 Å². The fourth-order valence-electron chi connectivity index (χ4n) is 4.75. The highest BCUT2D eigenvalue weighted by atomic mass is 32.3. The molecule has 0 amide bonds. The van der Waals surface area contributed by atoms with Crippen molar-refractivity contribution in [1.29, 1.82) is 0 Å². The Hall–Kier alpha value is -2.92. The first-order chi connectivity index (χ1) is 16.7. The molecule has 0 saturated carbocycles. The van der Waals surface area contributed by atoms with Crippen molar-refractivity contribution in [3.63, 3.8) is 0 Å². The van der Waals surface area contributed by atoms with Gasteiger partial charge in [0.25, 0.3) is 0 Å². The molecule has 2 fully saturated rings. The standard InChI is InChI=1S/C25H22F3NO5S/c26-18-5-1-16(2-6-18)25(17-3-7-19(27)8-4-17)33-22-13-21(28)24(14-23(22)34-25)35(31,15-32-35)29-11-9-20(30)10-12-29/h1-8,13-14,20,30H,9-12,15H2. The Morgan fingerprint density at radius 1 is 0.857 bits per heavy atom. The van der Waals surface area contributed by atoms with Crippen LogP contribution in [0.2, 0.25) is 0 Å². The lowest BCUT2D eigenvalue weighted by Gasteiger charge is -2.41. The number of rotatable bonds is 4. The Morgan fingerprint density at radius 3 is 1.83 bits per heavy atom. The molecule has 10 heteroatoms. The van der Waals surface area contributed by atoms with Crippen LogP contribution in [0.3, 0.4) is 0 Å². The van der Waals surface area contributed by atoms with Crippen molar-refractivity contribution in [2.75, 3.05) is 19.0 Å². The van der Waals surface area contributed by atoms with Crippen LogP contribution in [0.15, 0.2) is 65.6 Å². The van der Waals surface area contributed by atoms with Crippen molar-refractivity contribution in [3.05, 3.63) is 89.2 Å². The summed E-state index contributed by atoms with van der Waals surface area (Å²) in [4.78, 5) is -0.130. The van der Waals surface area contributed by atoms with Crippen LogP contribution in [0.4, 0.5) is 13.2 Å². The largest absolute Gasteiger partial charge is 0.440 e. The molecule has 0 unspecified atom stereocenters. The van der Waals surface area contributed by atoms with Gasteiger partial charge >= 0.3 is 5.79 Å². The first-order valence-electron chi connectivity index (χ1n) is 11.2. The van der Waals surface area contributed by atoms with Crippen LogP contribution < -0.4 is 9.47 Å². The van der Waals surface area contributed by atoms with Gasteiger partial charge in [0.15, 0.2) is 23.3 Å². The molecule has 0 bridgehead atoms. The Morgan fingerprint density at radius 2 is 1.34 bits per heavy atom. The van der Waals surface area contributed by atoms with E-state index in [1.807, 2.05) is 0 Å². The van der Waals surface area contributed by atoms with Crippen molar-refractivity contribution in [1.82, 2.24) is 4.31 Å². The smallest absolute Gasteiger partial charge is 0.305 e. The highest BCUT2D eigenvalue weighted by Crippen LogP contribution is 2.57. The highest BCUT2D eigenvalue weighted by molar-refractivity contribution is 8.18. The van der Waals surface area contributed by atoms with Crippen molar-refractivity contribution < 1.29 is 36.1 Å². The molecule has 3 aromatic carbocycles. The number of aliphatic hydroxyl groups is 1. The predicted octanol–water partition coefficient (Wildman–Crippen LogP) is 4.23. The summed E-state index contributed by atoms with van der Waals surface area (Å²) in [6.07, 6.45) is 0.313. The molecule has 35 heavy (non-hydrogen) atoms. The number of benzene rings is 3. The number of fused-ring (bicyclic) bond motifs is 1. The predicted molar refractivity (Wildman–Crippen MR) is 120 cm³/mol. The van der Waals surface area contributed by atoms with E-state index >= 15 is 4.39 Å². The lowest BCUT2D eigenvalue weighted by atomic mass is 9.97. The Bertz CT molecular complexity index is 1320. The second kappa shape index (κ2) is 7.54. The van der Waals surface area contributed by atoms with Gasteiger partial charge < -0.3 is 14.6 Å². The first kappa shape index (κ1) is 22.5. The average molecular weight is 506 g/mol. The van der Waals surface area contributed by atoms with Gasteiger partial charge in [-0.05, 0) is 61.4 Å². The second-order valence-electron chi connectivity index (χ2n) is 8.94. The first-order valence-corrected chi connectivity index (χ1v) is 13.2. The van der Waals surface area contributed by atoms with E-state index in [9.17, 15) is 18.1 Å². The fraction of sp³-hybridized carbons (Fsp3) is 0.280. The molecule has 6 nitrogen and oxygen atoms in total. The van der Waals surface area contributed by atoms with E-state index in [4.69, 9.17) is 13.7 Å². The van der Waals surface area contributed by atoms with Crippen LogP contribution in [0.5, 0.6) is 11.5 Å². The minimum atomic E-state index is -4.10. The van der Waals surface area contributed by atoms with Gasteiger partial charge in [0.05, 0.1) is 6.10 Å². The number of ether oxygens (including phenoxy) is 2. The molecule has 0 aromatic heterocycles. The number of hydrogen-bond donors (Lipinski definition) is 1. The van der Waals surface area contributed by atoms with E-state index < -0.39 is 38.9 Å². The van der Waals surface area contributed by atoms with Gasteiger partial charge in [-0.1, -0.05) is 9.53 Å². The van der Waals surface area contributed by atoms with Gasteiger partial charge in [0.1, 0.15) is 16.5 Å². The van der Waals surface area contributed by atoms with Crippen molar-refractivity contribution >= 4 is 9.53 Å². The third kappa shape index (κ3) is 3.39. The van der Waals surface area contributed by atoms with E-state index in [2.05, 4.69) is 0 Å². The van der Waals surface area contributed by atoms with Crippen LogP contribution in [-0.2, 0) is 19.5 Å². The van der Waals surface area contributed by atoms with Crippen LogP contribution >= 0.6 is 0 Å². The molecule has 0 radical (unpaired) electrons. The van der Waals surface area contributed by atoms with E-state index in [0.717, 1.165) is 6.07 Å². The summed E-state index contributed by atoms with van der Waals surface area (Å²) in [5.41, 5.74) is 0.801. The molecule has 3 aliphatic heterocycles. The Kier molecular flexibility index (Phi) is 4.85. The van der Waals surface area contributed by atoms with Crippen LogP contribution in [0.25, 0.3) is 0 Å². The van der Waals surface area contributed by atoms with E-state index in [0.29, 0.717) is 37.1 Å². The van der Waals surface area contributed by atoms with Crippen molar-refractivity contribution in [3.8, 4) is 11.5 Å². The van der Waals surface area contributed by atoms with Crippen LogP contribution in [0.1, 0.15) is 24.0 Å². The van der Waals surface area contributed by atoms with E-state index in [-0.39, 0.29) is 22.3 Å². The van der Waals surface area contributed by atoms with Gasteiger partial charge in [-0.3, -0.25) is 0 Å². The Labute approximate surface area is 199 Å². The monoisotopic (exact) mass is 505 g/mol. The number of piperidine rings is 1. The minimum absolute atomic E-state index is 0.0529. The summed E-state index contributed by atoms with van der Waals surface area (Å²) in [5, 5.41) is 9.84. The molecule has 3 heterocycles. The number of nitrogens with zero attached hydrogens (tertiary/aromatic N) is 1. The quantitative estimate of drug-likeness (QED) is 0.538. The molecule has 3 aromatic rings. The van der Waals surface area contributed by atoms with Crippen molar-refractivity contribution in [2.45, 2.75) is 29.6 Å². The zero-order chi connectivity index (χ0) is 24.4. The molecular formula is C25H22F3NO5S. The van der Waals surface area contributed by atoms with Gasteiger partial charge in [-0.25, -0.2) is 21.7 Å². The van der Waals surface area contributed by atoms with Gasteiger partial charge in [0, 0.05) is 36.3 Å². The Balaban J connectivity index is 1.44. The number of aliphatic hydroxyl groups excluding tert-OH is 1. The van der Waals surface area contributed by atoms with Crippen LogP contribution in [0, 0.1) is 17.5 Å². The maximum Gasteiger partial charge on any atom is 0.305 e. The number of hydrogen-bond acceptors (Lipinski definition) is 5. The molecular weight excluding hydrogens is 483 g/mol. The maximum atomic E-state index is 15.5. The fourth-order valence-corrected chi connectivity index (χ4v) is 7.83. The summed E-state index contributed by atoms with van der Waals surface area (Å²) < 4.78 is 76.4. The molecule has 3 aliphatic rings. The van der Waals surface area contributed by atoms with E-state index in [1.54, 1.807) is 4.31 Å². The maximum absolute atomic E-state index is 15.5. The molecule has 6 rings (SSSR count). The minimum Gasteiger partial charge on any atom is -0.440 e. The van der Waals surface area contributed by atoms with Crippen molar-refractivity contribution in [2.24, 2.45) is 0 Å². The summed E-state index contributed by atoms with van der Waals surface area (Å²) in [7, 11) is -4.10. The third-order valence-electron chi connectivity index (χ3n) is 6.77. The lowest BCUT2D eigenvalue weighted by Crippen LogP contribution is -2.46. The second-order valence-corrected chi connectivity index (χ2v) is 12.3. The summed E-state index contributed by atoms with van der Waals surface area (Å²) in [6, 6.07) is 13.2. The average Bonchev–Trinajstić information content (AvgIpc) is 3.43. The molecule has 184 valence electrons. The molecule has 0 spiro atoms. The molecule has 2 saturated heterocycles. The summed E-state index contributed by atoms with van der Waals surface area (Å²) in [6.45, 7) is 0.602. The topological polar surface area (TPSA) is 71.5 Å².